The highest BCUT2D eigenvalue weighted by molar-refractivity contribution is 8.00. The van der Waals surface area contributed by atoms with E-state index in [1.54, 1.807) is 90.7 Å². The third-order valence-electron chi connectivity index (χ3n) is 22.4. The van der Waals surface area contributed by atoms with Crippen molar-refractivity contribution in [1.82, 2.24) is 77.4 Å². The summed E-state index contributed by atoms with van der Waals surface area (Å²) in [5.41, 5.74) is 18.2. The number of fused-ring (bicyclic) bond motifs is 6. The van der Waals surface area contributed by atoms with Crippen LogP contribution in [0.5, 0.6) is 11.5 Å². The zero-order valence-electron chi connectivity index (χ0n) is 76.8. The van der Waals surface area contributed by atoms with E-state index in [0.29, 0.717) is 90.2 Å². The number of nitrogens with two attached hydrogens (primary N) is 2. The number of guanidine groups is 1. The molecule has 0 radical (unpaired) electrons. The van der Waals surface area contributed by atoms with Crippen LogP contribution in [-0.2, 0) is 78.3 Å². The smallest absolute Gasteiger partial charge is 0.339 e. The predicted octanol–water partition coefficient (Wildman–Crippen LogP) is 3.53. The number of imide groups is 1. The van der Waals surface area contributed by atoms with Gasteiger partial charge in [-0.05, 0) is 122 Å². The monoisotopic (exact) mass is 2020 g/mol. The zero-order valence-corrected chi connectivity index (χ0v) is 78.3. The van der Waals surface area contributed by atoms with E-state index in [1.807, 2.05) is 29.6 Å². The summed E-state index contributed by atoms with van der Waals surface area (Å²) in [4.78, 5) is 261. The maximum absolute atomic E-state index is 14.3. The summed E-state index contributed by atoms with van der Waals surface area (Å²) >= 11 is 7.11. The maximum atomic E-state index is 14.3. The number of halogens is 1. The first-order chi connectivity index (χ1) is 68.7. The fraction of sp³-hybridized carbons (Fsp3) is 0.315. The number of carboxylic acids is 5. The molecule has 6 heterocycles. The Morgan fingerprint density at radius 3 is 1.85 bits per heavy atom. The number of rotatable bonds is 49. The van der Waals surface area contributed by atoms with Gasteiger partial charge in [-0.15, -0.1) is 23.4 Å². The average Bonchev–Trinajstić information content (AvgIpc) is 1.58. The molecule has 144 heavy (non-hydrogen) atoms. The summed E-state index contributed by atoms with van der Waals surface area (Å²) in [6.07, 6.45) is -6.01. The van der Waals surface area contributed by atoms with Crippen LogP contribution in [0.4, 0.5) is 33.5 Å². The Hall–Kier alpha value is -17.2. The Balaban J connectivity index is 0.593. The Morgan fingerprint density at radius 2 is 1.23 bits per heavy atom. The first kappa shape index (κ1) is 106. The second kappa shape index (κ2) is 48.6. The average molecular weight is 2030 g/mol. The number of methoxy groups -OCH3 is 1. The molecule has 12 rings (SSSR count). The van der Waals surface area contributed by atoms with Gasteiger partial charge in [0.15, 0.2) is 23.4 Å². The highest BCUT2D eigenvalue weighted by Crippen LogP contribution is 2.46. The topological polar surface area (TPSA) is 758 Å². The van der Waals surface area contributed by atoms with E-state index in [2.05, 4.69) is 88.3 Å². The molecule has 6 aromatic carbocycles. The number of hydrogen-bond donors (Lipinski definition) is 22. The first-order valence-corrected chi connectivity index (χ1v) is 45.8. The van der Waals surface area contributed by atoms with Gasteiger partial charge in [0.05, 0.1) is 75.5 Å². The standard InChI is InChI=1S/C92H98ClN23O27S/c1-43(113-114-92(139)102-52-17-21-57-47(30-52)31-61(103-57)80(128)101-51-16-20-58-48(29-51)32-65(104-58)85(133)116-41-49(38-93)75-56-8-5-4-7-55(56)68(36-67(75)116)143-44(2)117)24-27-141-89(46-12-18-54(140-3)19-13-46)142-28-26-115-71(119)37-69(86(115)134)144-42-66(88(137)138)110-83(131)64(35-74(124)125)109-82(130)63(34-73(122)123)108-79(127)59(9-6-25-97-90(94)95)106-81(129)62(33-72(120)121)105-70(118)23-22-60(87(135)136)107-78(126)45-10-14-50(15-11-45)98-39-53-40-99-77-76(100-53)84(132)112-91(96)111-77/h4-5,7-8,10-21,29-32,36,40,49,59-60,62-64,66,69,89,98,103-104H,6,9,22-28,33-35,37-39,41-42H2,1-3H3,(H,101,128)(H,105,118)(H,106,129)(H,107,126)(H,108,127)(H,109,130)(H,110,131)(H,120,121)(H,122,123)(H,124,125)(H,135,136)(H,137,138)(H4,94,95,97)(H2,102,114,139)(H3,96,99,111,112,132)/b113-43-/t49?,59-,60+,62-,63-,64-,66-,69?,89?/m1/s1. The number of carbonyl (C=O) groups is 17. The van der Waals surface area contributed by atoms with Crippen LogP contribution in [0, 0.1) is 5.41 Å². The third kappa shape index (κ3) is 28.3. The van der Waals surface area contributed by atoms with Crippen LogP contribution in [0.3, 0.4) is 0 Å². The van der Waals surface area contributed by atoms with Crippen LogP contribution in [-0.4, -0.2) is 266 Å². The lowest BCUT2D eigenvalue weighted by molar-refractivity contribution is -0.155. The van der Waals surface area contributed by atoms with Crippen molar-refractivity contribution in [2.75, 3.05) is 78.2 Å². The van der Waals surface area contributed by atoms with Crippen LogP contribution in [0.25, 0.3) is 43.7 Å². The summed E-state index contributed by atoms with van der Waals surface area (Å²) in [7, 11) is 1.45. The molecule has 12 amide bonds. The second-order valence-corrected chi connectivity index (χ2v) is 34.4. The number of aromatic amines is 3. The Morgan fingerprint density at radius 1 is 0.639 bits per heavy atom. The Bertz CT molecular complexity index is 6760. The number of nitrogens with zero attached hydrogens (tertiary/aromatic N) is 6. The maximum Gasteiger partial charge on any atom is 0.339 e. The number of aromatic nitrogens is 6. The zero-order chi connectivity index (χ0) is 104. The molecule has 0 spiro atoms. The van der Waals surface area contributed by atoms with Crippen LogP contribution < -0.4 is 90.0 Å². The number of likely N-dealkylation sites (tertiary alicyclic amines) is 1. The molecule has 0 bridgehead atoms. The number of nitrogens with one attached hydrogen (secondary N) is 15. The molecule has 2 aliphatic heterocycles. The third-order valence-corrected chi connectivity index (χ3v) is 24.1. The van der Waals surface area contributed by atoms with Crippen molar-refractivity contribution in [2.24, 2.45) is 10.8 Å². The molecular formula is C92H98ClN23O27S. The molecule has 52 heteroatoms. The van der Waals surface area contributed by atoms with E-state index in [4.69, 9.17) is 47.4 Å². The highest BCUT2D eigenvalue weighted by atomic mass is 35.5. The molecule has 1 fully saturated rings. The number of hydrogen-bond acceptors (Lipinski definition) is 30. The number of anilines is 5. The van der Waals surface area contributed by atoms with Gasteiger partial charge in [0.25, 0.3) is 23.3 Å². The van der Waals surface area contributed by atoms with Crippen molar-refractivity contribution in [2.45, 2.75) is 132 Å². The van der Waals surface area contributed by atoms with Crippen LogP contribution >= 0.6 is 23.4 Å². The normalized spacial score (nSPS) is 14.8. The molecule has 3 unspecified atom stereocenters. The van der Waals surface area contributed by atoms with Gasteiger partial charge in [0, 0.05) is 124 Å². The fourth-order valence-corrected chi connectivity index (χ4v) is 16.8. The van der Waals surface area contributed by atoms with E-state index in [-0.39, 0.29) is 104 Å². The molecule has 9 atom stereocenters. The quantitative estimate of drug-likeness (QED) is 0.00298. The van der Waals surface area contributed by atoms with Crippen molar-refractivity contribution in [3.8, 4) is 11.5 Å². The SMILES string of the molecule is COc1ccc(C(OCC/C(C)=N\NC(=O)Nc2ccc3[nH]c(C(=O)Nc4ccc5[nH]c(C(=O)N6CC(CCl)c7c6cc(OC(C)=O)c6ccccc76)cc5c4)cc3c2)OCCN2C(=O)CC(SC[C@@H](NC(=O)[C@@H](CC(=O)O)NC(=O)[C@@H](CC(=O)O)NC(=O)[C@@H](CCCNC(=N)N)NC(=O)[C@@H](CC(=O)O)NC(=O)CC[C@H](NC(=O)c3ccc(NCc4cnc5nc(N)[nH]c(=O)c5n4)cc3)C(=O)O)C(=O)O)C2=O)cc1. The molecule has 10 aromatic rings. The number of thioether (sulfide) groups is 1. The summed E-state index contributed by atoms with van der Waals surface area (Å²) in [5, 5.41) is 86.9. The lowest BCUT2D eigenvalue weighted by atomic mass is 9.95. The molecule has 1 saturated heterocycles. The number of esters is 1. The van der Waals surface area contributed by atoms with E-state index in [9.17, 15) is 112 Å². The summed E-state index contributed by atoms with van der Waals surface area (Å²) in [5.74, 6) is -19.9. The van der Waals surface area contributed by atoms with E-state index >= 15 is 0 Å². The molecule has 756 valence electrons. The van der Waals surface area contributed by atoms with Gasteiger partial charge in [-0.25, -0.2) is 29.8 Å². The van der Waals surface area contributed by atoms with E-state index in [0.717, 1.165) is 15.8 Å². The van der Waals surface area contributed by atoms with Gasteiger partial charge in [-0.3, -0.25) is 87.2 Å². The van der Waals surface area contributed by atoms with Gasteiger partial charge in [-0.1, -0.05) is 36.4 Å². The van der Waals surface area contributed by atoms with Gasteiger partial charge in [0.2, 0.25) is 47.3 Å². The van der Waals surface area contributed by atoms with E-state index < -0.39 is 205 Å². The minimum atomic E-state index is -2.26. The Labute approximate surface area is 823 Å². The van der Waals surface area contributed by atoms with Crippen LogP contribution in [0.2, 0.25) is 0 Å². The van der Waals surface area contributed by atoms with Crippen molar-refractivity contribution >= 4 is 208 Å². The summed E-state index contributed by atoms with van der Waals surface area (Å²) in [6.45, 7) is 2.34. The number of nitrogen functional groups attached to an aromatic ring is 1. The number of ether oxygens (including phenoxy) is 4. The number of H-pyrrole nitrogens is 3. The molecule has 4 aromatic heterocycles. The van der Waals surface area contributed by atoms with Crippen molar-refractivity contribution < 1.29 is 126 Å². The molecule has 50 nitrogen and oxygen atoms in total. The van der Waals surface area contributed by atoms with Crippen molar-refractivity contribution in [1.29, 1.82) is 5.41 Å². The van der Waals surface area contributed by atoms with Crippen molar-refractivity contribution in [3.63, 3.8) is 0 Å². The molecule has 0 aliphatic carbocycles. The number of alkyl halides is 1. The lowest BCUT2D eigenvalue weighted by Crippen LogP contribution is -2.59. The predicted molar refractivity (Wildman–Crippen MR) is 518 cm³/mol. The largest absolute Gasteiger partial charge is 0.497 e. The highest BCUT2D eigenvalue weighted by Gasteiger charge is 2.42. The Kier molecular flexibility index (Phi) is 35.6. The minimum absolute atomic E-state index is 0.0183. The van der Waals surface area contributed by atoms with Gasteiger partial charge in [0.1, 0.15) is 59.1 Å². The molecule has 24 N–H and O–H groups in total. The van der Waals surface area contributed by atoms with Gasteiger partial charge >= 0.3 is 41.8 Å². The molecular weight excluding hydrogens is 1930 g/mol. The first-order valence-electron chi connectivity index (χ1n) is 44.2. The van der Waals surface area contributed by atoms with Crippen molar-refractivity contribution in [3.05, 3.63) is 178 Å². The minimum Gasteiger partial charge on any atom is -0.497 e. The summed E-state index contributed by atoms with van der Waals surface area (Å²) < 4.78 is 23.1. The fourth-order valence-electron chi connectivity index (χ4n) is 15.4. The number of amides is 12. The van der Waals surface area contributed by atoms with Crippen LogP contribution in [0.1, 0.15) is 132 Å². The molecule has 2 aliphatic rings. The lowest BCUT2D eigenvalue weighted by Gasteiger charge is -2.26. The number of hydrazone groups is 1. The summed E-state index contributed by atoms with van der Waals surface area (Å²) in [6, 6.07) is 21.6. The second-order valence-electron chi connectivity index (χ2n) is 32.9. The van der Waals surface area contributed by atoms with Crippen LogP contribution in [0.15, 0.2) is 143 Å². The van der Waals surface area contributed by atoms with Gasteiger partial charge < -0.3 is 124 Å². The number of aliphatic carboxylic acids is 5. The number of carbonyl (C=O) groups excluding carboxylic acids is 12. The number of urea groups is 1. The molecule has 0 saturated carbocycles. The number of carboxylic acid groups (broad SMARTS) is 5. The van der Waals surface area contributed by atoms with E-state index in [1.165, 1.54) is 44.5 Å². The van der Waals surface area contributed by atoms with Gasteiger partial charge in [-0.2, -0.15) is 10.1 Å². The number of benzene rings is 6.